The second kappa shape index (κ2) is 8.85. The van der Waals surface area contributed by atoms with Crippen LogP contribution in [0.25, 0.3) is 11.4 Å². The molecule has 9 heteroatoms. The second-order valence-electron chi connectivity index (χ2n) is 6.87. The average molecular weight is 472 g/mol. The normalized spacial score (nSPS) is 18.3. The van der Waals surface area contributed by atoms with E-state index in [-0.39, 0.29) is 19.0 Å². The number of nitrogens with zero attached hydrogens (tertiary/aromatic N) is 4. The van der Waals surface area contributed by atoms with Gasteiger partial charge in [0, 0.05) is 30.2 Å². The molecule has 4 rings (SSSR count). The van der Waals surface area contributed by atoms with Gasteiger partial charge in [-0.1, -0.05) is 39.3 Å². The molecule has 0 saturated carbocycles. The Labute approximate surface area is 181 Å². The molecule has 8 nitrogen and oxygen atoms in total. The summed E-state index contributed by atoms with van der Waals surface area (Å²) in [7, 11) is 1.59. The van der Waals surface area contributed by atoms with Gasteiger partial charge < -0.3 is 9.26 Å². The molecule has 1 aromatic carbocycles. The van der Waals surface area contributed by atoms with Gasteiger partial charge in [0.15, 0.2) is 6.54 Å². The predicted octanol–water partition coefficient (Wildman–Crippen LogP) is 3.19. The second-order valence-corrected chi connectivity index (χ2v) is 7.79. The van der Waals surface area contributed by atoms with Crippen LogP contribution < -0.4 is 0 Å². The minimum atomic E-state index is -0.510. The van der Waals surface area contributed by atoms with Gasteiger partial charge in [0.1, 0.15) is 11.6 Å². The van der Waals surface area contributed by atoms with Crippen LogP contribution in [0.1, 0.15) is 12.3 Å². The molecule has 1 aliphatic heterocycles. The van der Waals surface area contributed by atoms with E-state index in [2.05, 4.69) is 26.1 Å². The lowest BCUT2D eigenvalue weighted by molar-refractivity contribution is -0.460. The Hall–Kier alpha value is -2.91. The van der Waals surface area contributed by atoms with Crippen LogP contribution in [0.3, 0.4) is 0 Å². The Morgan fingerprint density at radius 3 is 2.80 bits per heavy atom. The number of carbonyl (C=O) groups is 2. The van der Waals surface area contributed by atoms with E-state index in [1.807, 2.05) is 30.3 Å². The molecule has 2 heterocycles. The largest absolute Gasteiger partial charge is 0.501 e. The molecule has 1 aliphatic carbocycles. The summed E-state index contributed by atoms with van der Waals surface area (Å²) in [5, 5.41) is 4.03. The molecule has 3 amide bonds. The summed E-state index contributed by atoms with van der Waals surface area (Å²) in [6, 6.07) is 7.14. The summed E-state index contributed by atoms with van der Waals surface area (Å²) in [5.41, 5.74) is 1.42. The molecule has 0 spiro atoms. The van der Waals surface area contributed by atoms with E-state index in [1.54, 1.807) is 25.3 Å². The highest BCUT2D eigenvalue weighted by atomic mass is 79.9. The number of carbonyl (C=O) groups excluding carboxylic acids is 2. The van der Waals surface area contributed by atoms with E-state index < -0.39 is 11.9 Å². The van der Waals surface area contributed by atoms with Crippen LogP contribution in [0, 0.1) is 5.92 Å². The van der Waals surface area contributed by atoms with Crippen molar-refractivity contribution in [2.45, 2.75) is 13.0 Å². The molecule has 1 aromatic heterocycles. The van der Waals surface area contributed by atoms with E-state index in [1.165, 1.54) is 9.48 Å². The highest BCUT2D eigenvalue weighted by Crippen LogP contribution is 2.23. The van der Waals surface area contributed by atoms with Gasteiger partial charge in [0.2, 0.25) is 5.82 Å². The number of amides is 3. The topological polar surface area (TPSA) is 88.5 Å². The lowest BCUT2D eigenvalue weighted by Gasteiger charge is -2.26. The molecular formula is C21H20BrN4O4+. The maximum atomic E-state index is 13.1. The molecule has 0 bridgehead atoms. The zero-order chi connectivity index (χ0) is 21.1. The maximum Gasteiger partial charge on any atom is 0.501 e. The van der Waals surface area contributed by atoms with Gasteiger partial charge in [-0.2, -0.15) is 19.3 Å². The predicted molar refractivity (Wildman–Crippen MR) is 112 cm³/mol. The number of fused-ring (bicyclic) bond motifs is 1. The number of imide groups is 1. The lowest BCUT2D eigenvalue weighted by atomic mass is 9.94. The van der Waals surface area contributed by atoms with E-state index in [9.17, 15) is 9.59 Å². The smallest absolute Gasteiger partial charge is 0.385 e. The molecule has 0 radical (unpaired) electrons. The van der Waals surface area contributed by atoms with Gasteiger partial charge >= 0.3 is 11.9 Å². The summed E-state index contributed by atoms with van der Waals surface area (Å²) < 4.78 is 12.9. The fraction of sp³-hybridized carbons (Fsp3) is 0.286. The van der Waals surface area contributed by atoms with E-state index in [4.69, 9.17) is 9.26 Å². The molecule has 1 unspecified atom stereocenters. The first-order valence-electron chi connectivity index (χ1n) is 9.50. The summed E-state index contributed by atoms with van der Waals surface area (Å²) in [6.45, 7) is 0.839. The first-order chi connectivity index (χ1) is 14.6. The van der Waals surface area contributed by atoms with Crippen LogP contribution in [-0.4, -0.2) is 57.5 Å². The summed E-state index contributed by atoms with van der Waals surface area (Å²) in [5.74, 6) is -0.00887. The van der Waals surface area contributed by atoms with Crippen molar-refractivity contribution >= 4 is 33.6 Å². The van der Waals surface area contributed by atoms with Crippen LogP contribution in [0.4, 0.5) is 4.79 Å². The van der Waals surface area contributed by atoms with Gasteiger partial charge in [-0.25, -0.2) is 4.79 Å². The van der Waals surface area contributed by atoms with Crippen molar-refractivity contribution in [1.82, 2.24) is 15.0 Å². The third kappa shape index (κ3) is 4.03. The quantitative estimate of drug-likeness (QED) is 0.455. The SMILES string of the molecule is COCCCN1C(=O)C2C=CC=CC2=[N+](Cc2nc(-c3ccc(Br)cc3)no2)C1=O. The number of hydrogen-bond acceptors (Lipinski definition) is 6. The van der Waals surface area contributed by atoms with Gasteiger partial charge in [0.25, 0.3) is 5.89 Å². The third-order valence-electron chi connectivity index (χ3n) is 4.90. The number of urea groups is 1. The molecule has 1 atom stereocenters. The van der Waals surface area contributed by atoms with Gasteiger partial charge in [-0.3, -0.25) is 0 Å². The molecule has 0 fully saturated rings. The van der Waals surface area contributed by atoms with Crippen molar-refractivity contribution in [1.29, 1.82) is 0 Å². The van der Waals surface area contributed by atoms with Crippen molar-refractivity contribution in [2.24, 2.45) is 5.92 Å². The Kier molecular flexibility index (Phi) is 6.01. The van der Waals surface area contributed by atoms with E-state index in [0.717, 1.165) is 10.0 Å². The summed E-state index contributed by atoms with van der Waals surface area (Å²) in [4.78, 5) is 31.7. The number of ether oxygens (including phenoxy) is 1. The molecule has 154 valence electrons. The number of halogens is 1. The van der Waals surface area contributed by atoms with E-state index in [0.29, 0.717) is 30.5 Å². The lowest BCUT2D eigenvalue weighted by Crippen LogP contribution is -2.54. The standard InChI is InChI=1S/C21H20BrN4O4/c1-29-12-4-11-25-20(27)16-5-2-3-6-17(16)26(21(25)28)13-18-23-19(24-30-18)14-7-9-15(22)10-8-14/h2-3,5-10,16H,4,11-13H2,1H3/q+1. The number of rotatable bonds is 7. The van der Waals surface area contributed by atoms with Crippen LogP contribution >= 0.6 is 15.9 Å². The summed E-state index contributed by atoms with van der Waals surface area (Å²) in [6.07, 6.45) is 7.75. The van der Waals surface area contributed by atoms with Gasteiger partial charge in [-0.05, 0) is 30.3 Å². The average Bonchev–Trinajstić information content (AvgIpc) is 3.23. The molecule has 30 heavy (non-hydrogen) atoms. The van der Waals surface area contributed by atoms with Gasteiger partial charge in [-0.15, -0.1) is 0 Å². The minimum absolute atomic E-state index is 0.0838. The summed E-state index contributed by atoms with van der Waals surface area (Å²) >= 11 is 3.40. The number of allylic oxidation sites excluding steroid dienone is 3. The van der Waals surface area contributed by atoms with Crippen molar-refractivity contribution in [3.63, 3.8) is 0 Å². The van der Waals surface area contributed by atoms with Crippen LogP contribution in [0.5, 0.6) is 0 Å². The van der Waals surface area contributed by atoms with E-state index >= 15 is 0 Å². The zero-order valence-corrected chi connectivity index (χ0v) is 17.9. The van der Waals surface area contributed by atoms with Crippen LogP contribution in [-0.2, 0) is 16.1 Å². The van der Waals surface area contributed by atoms with Crippen molar-refractivity contribution in [3.8, 4) is 11.4 Å². The van der Waals surface area contributed by atoms with Crippen LogP contribution in [0.15, 0.2) is 57.6 Å². The monoisotopic (exact) mass is 471 g/mol. The molecule has 2 aromatic rings. The van der Waals surface area contributed by atoms with Crippen molar-refractivity contribution in [3.05, 3.63) is 58.9 Å². The first kappa shape index (κ1) is 20.4. The molecular weight excluding hydrogens is 452 g/mol. The Balaban J connectivity index is 1.62. The van der Waals surface area contributed by atoms with Gasteiger partial charge in [0.05, 0.1) is 6.54 Å². The Morgan fingerprint density at radius 1 is 1.23 bits per heavy atom. The number of benzene rings is 1. The number of methoxy groups -OCH3 is 1. The fourth-order valence-corrected chi connectivity index (χ4v) is 3.68. The minimum Gasteiger partial charge on any atom is -0.385 e. The maximum absolute atomic E-state index is 13.1. The highest BCUT2D eigenvalue weighted by Gasteiger charge is 2.46. The fourth-order valence-electron chi connectivity index (χ4n) is 3.42. The highest BCUT2D eigenvalue weighted by molar-refractivity contribution is 9.10. The zero-order valence-electron chi connectivity index (χ0n) is 16.3. The van der Waals surface area contributed by atoms with Crippen molar-refractivity contribution < 1.29 is 23.4 Å². The first-order valence-corrected chi connectivity index (χ1v) is 10.3. The number of hydrogen-bond donors (Lipinski definition) is 0. The van der Waals surface area contributed by atoms with Crippen molar-refractivity contribution in [2.75, 3.05) is 20.3 Å². The van der Waals surface area contributed by atoms with Crippen LogP contribution in [0.2, 0.25) is 0 Å². The third-order valence-corrected chi connectivity index (χ3v) is 5.43. The molecule has 2 aliphatic rings. The molecule has 0 saturated heterocycles. The Bertz CT molecular complexity index is 1060. The Morgan fingerprint density at radius 2 is 2.03 bits per heavy atom. The molecule has 0 N–H and O–H groups in total. The number of aromatic nitrogens is 2.